The summed E-state index contributed by atoms with van der Waals surface area (Å²) in [5.41, 5.74) is 1.27. The topological polar surface area (TPSA) is 38.7 Å². The van der Waals surface area contributed by atoms with Crippen LogP contribution >= 0.6 is 0 Å². The van der Waals surface area contributed by atoms with Crippen molar-refractivity contribution < 1.29 is 19.0 Å². The molecule has 21 heavy (non-hydrogen) atoms. The van der Waals surface area contributed by atoms with Gasteiger partial charge >= 0.3 is 0 Å². The molecule has 0 aliphatic heterocycles. The highest BCUT2D eigenvalue weighted by Crippen LogP contribution is 2.19. The Bertz CT molecular complexity index is 654. The van der Waals surface area contributed by atoms with E-state index < -0.39 is 0 Å². The van der Waals surface area contributed by atoms with E-state index in [4.69, 9.17) is 14.6 Å². The standard InChI is InChI=1S/C17H15FO3/c1-20-16-6-8-17(9-7-16)21-12-14-4-5-15(18)11-13(14)3-2-10-19/h4-9,11,19H,10,12H2,1H3. The Morgan fingerprint density at radius 1 is 1.10 bits per heavy atom. The molecule has 2 aromatic carbocycles. The van der Waals surface area contributed by atoms with E-state index in [0.717, 1.165) is 11.3 Å². The van der Waals surface area contributed by atoms with Gasteiger partial charge in [0.15, 0.2) is 0 Å². The van der Waals surface area contributed by atoms with E-state index >= 15 is 0 Å². The summed E-state index contributed by atoms with van der Waals surface area (Å²) in [6.45, 7) is -0.00264. The maximum Gasteiger partial charge on any atom is 0.124 e. The predicted molar refractivity (Wildman–Crippen MR) is 77.7 cm³/mol. The molecule has 0 aliphatic rings. The van der Waals surface area contributed by atoms with Crippen molar-refractivity contribution in [2.75, 3.05) is 13.7 Å². The molecule has 0 saturated carbocycles. The van der Waals surface area contributed by atoms with Crippen LogP contribution in [0.15, 0.2) is 42.5 Å². The minimum atomic E-state index is -0.370. The van der Waals surface area contributed by atoms with Crippen LogP contribution in [0, 0.1) is 17.7 Å². The molecule has 0 heterocycles. The average molecular weight is 286 g/mol. The molecule has 2 aromatic rings. The molecule has 2 rings (SSSR count). The van der Waals surface area contributed by atoms with Crippen molar-refractivity contribution >= 4 is 0 Å². The van der Waals surface area contributed by atoms with Gasteiger partial charge < -0.3 is 14.6 Å². The van der Waals surface area contributed by atoms with Crippen LogP contribution in [0.25, 0.3) is 0 Å². The van der Waals surface area contributed by atoms with E-state index in [1.807, 2.05) is 0 Å². The van der Waals surface area contributed by atoms with E-state index in [-0.39, 0.29) is 19.0 Å². The van der Waals surface area contributed by atoms with Crippen molar-refractivity contribution in [2.24, 2.45) is 0 Å². The number of hydrogen-bond acceptors (Lipinski definition) is 3. The summed E-state index contributed by atoms with van der Waals surface area (Å²) in [5, 5.41) is 8.73. The zero-order chi connectivity index (χ0) is 15.1. The summed E-state index contributed by atoms with van der Waals surface area (Å²) in [6.07, 6.45) is 0. The summed E-state index contributed by atoms with van der Waals surface area (Å²) >= 11 is 0. The highest BCUT2D eigenvalue weighted by atomic mass is 19.1. The third-order valence-electron chi connectivity index (χ3n) is 2.83. The molecule has 1 N–H and O–H groups in total. The van der Waals surface area contributed by atoms with Gasteiger partial charge in [0.05, 0.1) is 7.11 Å². The van der Waals surface area contributed by atoms with Gasteiger partial charge in [-0.2, -0.15) is 0 Å². The molecule has 0 radical (unpaired) electrons. The Morgan fingerprint density at radius 2 is 1.81 bits per heavy atom. The predicted octanol–water partition coefficient (Wildman–Crippen LogP) is 2.76. The normalized spacial score (nSPS) is 9.67. The lowest BCUT2D eigenvalue weighted by Gasteiger charge is -2.09. The Kier molecular flexibility index (Phi) is 5.19. The summed E-state index contributed by atoms with van der Waals surface area (Å²) in [7, 11) is 1.60. The van der Waals surface area contributed by atoms with Crippen molar-refractivity contribution in [2.45, 2.75) is 6.61 Å². The Balaban J connectivity index is 2.11. The van der Waals surface area contributed by atoms with Gasteiger partial charge in [0, 0.05) is 11.1 Å². The fourth-order valence-electron chi connectivity index (χ4n) is 1.76. The number of rotatable bonds is 4. The largest absolute Gasteiger partial charge is 0.497 e. The molecule has 0 amide bonds. The van der Waals surface area contributed by atoms with Crippen molar-refractivity contribution in [3.05, 3.63) is 59.4 Å². The maximum absolute atomic E-state index is 13.2. The highest BCUT2D eigenvalue weighted by molar-refractivity contribution is 5.42. The van der Waals surface area contributed by atoms with E-state index in [0.29, 0.717) is 11.3 Å². The van der Waals surface area contributed by atoms with Crippen LogP contribution in [-0.2, 0) is 6.61 Å². The fourth-order valence-corrected chi connectivity index (χ4v) is 1.76. The van der Waals surface area contributed by atoms with Crippen molar-refractivity contribution in [1.29, 1.82) is 0 Å². The van der Waals surface area contributed by atoms with E-state index in [9.17, 15) is 4.39 Å². The molecule has 0 saturated heterocycles. The first-order chi connectivity index (χ1) is 10.2. The highest BCUT2D eigenvalue weighted by Gasteiger charge is 2.04. The van der Waals surface area contributed by atoms with E-state index in [1.54, 1.807) is 37.4 Å². The van der Waals surface area contributed by atoms with Crippen molar-refractivity contribution in [3.63, 3.8) is 0 Å². The molecule has 4 heteroatoms. The summed E-state index contributed by atoms with van der Waals surface area (Å²) in [5.74, 6) is 6.29. The zero-order valence-electron chi connectivity index (χ0n) is 11.6. The smallest absolute Gasteiger partial charge is 0.124 e. The monoisotopic (exact) mass is 286 g/mol. The van der Waals surface area contributed by atoms with Crippen molar-refractivity contribution in [1.82, 2.24) is 0 Å². The van der Waals surface area contributed by atoms with Gasteiger partial charge in [0.1, 0.15) is 30.5 Å². The van der Waals surface area contributed by atoms with Crippen LogP contribution in [0.1, 0.15) is 11.1 Å². The summed E-state index contributed by atoms with van der Waals surface area (Å²) < 4.78 is 23.9. The third-order valence-corrected chi connectivity index (χ3v) is 2.83. The molecule has 3 nitrogen and oxygen atoms in total. The first-order valence-corrected chi connectivity index (χ1v) is 6.38. The second-order valence-electron chi connectivity index (χ2n) is 4.23. The number of halogens is 1. The van der Waals surface area contributed by atoms with Crippen LogP contribution in [0.3, 0.4) is 0 Å². The molecule has 0 aliphatic carbocycles. The minimum absolute atomic E-state index is 0.266. The van der Waals surface area contributed by atoms with Crippen LogP contribution in [0.5, 0.6) is 11.5 Å². The SMILES string of the molecule is COc1ccc(OCc2ccc(F)cc2C#CCO)cc1. The van der Waals surface area contributed by atoms with Gasteiger partial charge in [0.25, 0.3) is 0 Å². The van der Waals surface area contributed by atoms with Gasteiger partial charge in [-0.3, -0.25) is 0 Å². The molecule has 0 bridgehead atoms. The number of ether oxygens (including phenoxy) is 2. The number of benzene rings is 2. The molecular formula is C17H15FO3. The molecule has 0 spiro atoms. The number of hydrogen-bond donors (Lipinski definition) is 1. The summed E-state index contributed by atoms with van der Waals surface area (Å²) in [4.78, 5) is 0. The Hall–Kier alpha value is -2.51. The van der Waals surface area contributed by atoms with Gasteiger partial charge in [-0.25, -0.2) is 4.39 Å². The number of aliphatic hydroxyl groups excluding tert-OH is 1. The lowest BCUT2D eigenvalue weighted by atomic mass is 10.1. The van der Waals surface area contributed by atoms with Gasteiger partial charge in [-0.15, -0.1) is 0 Å². The molecule has 0 atom stereocenters. The number of aliphatic hydroxyl groups is 1. The minimum Gasteiger partial charge on any atom is -0.497 e. The lowest BCUT2D eigenvalue weighted by Crippen LogP contribution is -1.99. The number of methoxy groups -OCH3 is 1. The molecule has 0 aromatic heterocycles. The molecule has 108 valence electrons. The quantitative estimate of drug-likeness (QED) is 0.878. The van der Waals surface area contributed by atoms with E-state index in [1.165, 1.54) is 12.1 Å². The average Bonchev–Trinajstić information content (AvgIpc) is 2.52. The van der Waals surface area contributed by atoms with Crippen molar-refractivity contribution in [3.8, 4) is 23.3 Å². The first kappa shape index (κ1) is 14.9. The van der Waals surface area contributed by atoms with Gasteiger partial charge in [-0.1, -0.05) is 17.9 Å². The molecule has 0 unspecified atom stereocenters. The second kappa shape index (κ2) is 7.32. The Labute approximate surface area is 122 Å². The lowest BCUT2D eigenvalue weighted by molar-refractivity contribution is 0.305. The molecule has 0 fully saturated rings. The fraction of sp³-hybridized carbons (Fsp3) is 0.176. The van der Waals surface area contributed by atoms with E-state index in [2.05, 4.69) is 11.8 Å². The van der Waals surface area contributed by atoms with Crippen LogP contribution < -0.4 is 9.47 Å². The second-order valence-corrected chi connectivity index (χ2v) is 4.23. The first-order valence-electron chi connectivity index (χ1n) is 6.38. The third kappa shape index (κ3) is 4.23. The molecular weight excluding hydrogens is 271 g/mol. The summed E-state index contributed by atoms with van der Waals surface area (Å²) in [6, 6.07) is 11.5. The zero-order valence-corrected chi connectivity index (χ0v) is 11.6. The van der Waals surface area contributed by atoms with Crippen LogP contribution in [0.4, 0.5) is 4.39 Å². The van der Waals surface area contributed by atoms with Gasteiger partial charge in [0.2, 0.25) is 0 Å². The maximum atomic E-state index is 13.2. The Morgan fingerprint density at radius 3 is 2.48 bits per heavy atom. The van der Waals surface area contributed by atoms with Crippen LogP contribution in [-0.4, -0.2) is 18.8 Å². The van der Waals surface area contributed by atoms with Crippen LogP contribution in [0.2, 0.25) is 0 Å². The van der Waals surface area contributed by atoms with Gasteiger partial charge in [-0.05, 0) is 36.4 Å².